The smallest absolute Gasteiger partial charge is 0.143 e. The average Bonchev–Trinajstić information content (AvgIpc) is 3.03. The van der Waals surface area contributed by atoms with Crippen molar-refractivity contribution in [2.75, 3.05) is 0 Å². The van der Waals surface area contributed by atoms with Crippen molar-refractivity contribution in [3.8, 4) is 0 Å². The van der Waals surface area contributed by atoms with Crippen molar-refractivity contribution in [1.82, 2.24) is 0 Å². The molecule has 3 saturated carbocycles. The quantitative estimate of drug-likeness (QED) is 0.351. The van der Waals surface area contributed by atoms with Crippen LogP contribution >= 0.6 is 0 Å². The van der Waals surface area contributed by atoms with Crippen LogP contribution in [0.3, 0.4) is 0 Å². The van der Waals surface area contributed by atoms with Gasteiger partial charge in [0.15, 0.2) is 0 Å². The highest BCUT2D eigenvalue weighted by Crippen LogP contribution is 2.67. The monoisotopic (exact) mass is 448 g/mol. The van der Waals surface area contributed by atoms with Crippen molar-refractivity contribution in [2.45, 2.75) is 117 Å². The van der Waals surface area contributed by atoms with E-state index in [0.717, 1.165) is 48.9 Å². The van der Waals surface area contributed by atoms with Crippen LogP contribution < -0.4 is 0 Å². The minimum atomic E-state index is -2.28. The van der Waals surface area contributed by atoms with E-state index in [2.05, 4.69) is 47.6 Å². The number of thiol groups is 1. The van der Waals surface area contributed by atoms with Crippen LogP contribution in [0, 0.1) is 45.8 Å². The van der Waals surface area contributed by atoms with Crippen LogP contribution in [0.15, 0.2) is 11.6 Å². The van der Waals surface area contributed by atoms with E-state index in [4.69, 9.17) is 0 Å². The van der Waals surface area contributed by atoms with Crippen molar-refractivity contribution in [3.63, 3.8) is 0 Å². The number of allylic oxidation sites excluding steroid dienone is 2. The molecule has 3 fully saturated rings. The molecule has 0 aliphatic heterocycles. The maximum Gasteiger partial charge on any atom is 0.143 e. The summed E-state index contributed by atoms with van der Waals surface area (Å²) in [5.74, 6) is 4.24. The Morgan fingerprint density at radius 2 is 1.81 bits per heavy atom. The van der Waals surface area contributed by atoms with Gasteiger partial charge < -0.3 is 0 Å². The van der Waals surface area contributed by atoms with Gasteiger partial charge in [-0.3, -0.25) is 0 Å². The lowest BCUT2D eigenvalue weighted by Crippen LogP contribution is -2.50. The van der Waals surface area contributed by atoms with Crippen molar-refractivity contribution >= 4 is 10.7 Å². The van der Waals surface area contributed by atoms with E-state index in [1.54, 1.807) is 0 Å². The van der Waals surface area contributed by atoms with Crippen LogP contribution in [0.1, 0.15) is 112 Å². The molecule has 3 heteroatoms. The van der Waals surface area contributed by atoms with Crippen LogP contribution in [0.5, 0.6) is 0 Å². The van der Waals surface area contributed by atoms with Gasteiger partial charge >= 0.3 is 0 Å². The van der Waals surface area contributed by atoms with Gasteiger partial charge in [-0.15, -0.1) is 0 Å². The van der Waals surface area contributed by atoms with E-state index in [1.807, 2.05) is 0 Å². The second-order valence-corrected chi connectivity index (χ2v) is 14.9. The lowest BCUT2D eigenvalue weighted by atomic mass is 9.47. The highest BCUT2D eigenvalue weighted by molar-refractivity contribution is 7.73. The fourth-order valence-electron chi connectivity index (χ4n) is 8.95. The summed E-state index contributed by atoms with van der Waals surface area (Å²) in [5, 5.41) is -0.107. The Morgan fingerprint density at radius 3 is 2.48 bits per heavy atom. The molecule has 8 unspecified atom stereocenters. The predicted molar refractivity (Wildman–Crippen MR) is 132 cm³/mol. The lowest BCUT2D eigenvalue weighted by molar-refractivity contribution is -0.0498. The van der Waals surface area contributed by atoms with E-state index in [9.17, 15) is 8.42 Å². The topological polar surface area (TPSA) is 34.1 Å². The molecule has 0 N–H and O–H groups in total. The molecule has 0 saturated heterocycles. The zero-order chi connectivity index (χ0) is 22.6. The summed E-state index contributed by atoms with van der Waals surface area (Å²) in [6, 6.07) is 0. The largest absolute Gasteiger partial charge is 0.232 e. The molecular formula is C28H48O2S. The number of hydrogen-bond donors (Lipinski definition) is 1. The molecule has 4 rings (SSSR count). The first-order valence-electron chi connectivity index (χ1n) is 13.3. The third-order valence-electron chi connectivity index (χ3n) is 10.7. The maximum absolute atomic E-state index is 11.6. The fraction of sp³-hybridized carbons (Fsp3) is 0.929. The fourth-order valence-corrected chi connectivity index (χ4v) is 9.64. The molecule has 4 aliphatic rings. The van der Waals surface area contributed by atoms with E-state index < -0.39 is 10.7 Å². The Morgan fingerprint density at radius 1 is 1.06 bits per heavy atom. The first kappa shape index (κ1) is 23.8. The molecule has 31 heavy (non-hydrogen) atoms. The molecule has 0 aromatic heterocycles. The third-order valence-corrected chi connectivity index (χ3v) is 11.8. The summed E-state index contributed by atoms with van der Waals surface area (Å²) in [7, 11) is -2.28. The summed E-state index contributed by atoms with van der Waals surface area (Å²) in [6.45, 7) is 14.8. The first-order chi connectivity index (χ1) is 14.5. The molecule has 4 aliphatic carbocycles. The SMILES string of the molecule is CC(CCCC(C)(C)C)C1CCC2C3CC=C4CC([SH](=O)=O)CCC4(C)C3CCC12C. The Bertz CT molecular complexity index is 766. The van der Waals surface area contributed by atoms with Crippen LogP contribution in [-0.4, -0.2) is 13.7 Å². The van der Waals surface area contributed by atoms with Crippen molar-refractivity contribution in [2.24, 2.45) is 45.8 Å². The van der Waals surface area contributed by atoms with Gasteiger partial charge in [0.05, 0.1) is 5.25 Å². The third kappa shape index (κ3) is 4.31. The van der Waals surface area contributed by atoms with Gasteiger partial charge in [-0.25, -0.2) is 8.42 Å². The predicted octanol–water partition coefficient (Wildman–Crippen LogP) is 7.40. The van der Waals surface area contributed by atoms with Crippen molar-refractivity contribution in [3.05, 3.63) is 11.6 Å². The number of rotatable bonds is 5. The second-order valence-electron chi connectivity index (χ2n) is 13.6. The minimum Gasteiger partial charge on any atom is -0.232 e. The van der Waals surface area contributed by atoms with Gasteiger partial charge in [0.25, 0.3) is 0 Å². The zero-order valence-electron chi connectivity index (χ0n) is 21.1. The van der Waals surface area contributed by atoms with E-state index >= 15 is 0 Å². The standard InChI is InChI=1S/C28H48O2S/c1-19(8-7-15-26(2,3)4)23-11-12-24-22-10-9-20-18-21(31(29)30)13-16-27(20,5)25(22)14-17-28(23,24)6/h9,19,21-25,31H,7-8,10-18H2,1-6H3. The van der Waals surface area contributed by atoms with Gasteiger partial charge in [0, 0.05) is 0 Å². The Hall–Kier alpha value is -0.310. The molecular weight excluding hydrogens is 400 g/mol. The normalized spacial score (nSPS) is 43.7. The van der Waals surface area contributed by atoms with Crippen LogP contribution in [0.4, 0.5) is 0 Å². The lowest BCUT2D eigenvalue weighted by Gasteiger charge is -2.58. The summed E-state index contributed by atoms with van der Waals surface area (Å²) in [6.07, 6.45) is 16.3. The molecule has 0 radical (unpaired) electrons. The van der Waals surface area contributed by atoms with Gasteiger partial charge in [-0.1, -0.05) is 66.0 Å². The van der Waals surface area contributed by atoms with Crippen molar-refractivity contribution in [1.29, 1.82) is 0 Å². The van der Waals surface area contributed by atoms with E-state index in [1.165, 1.54) is 56.9 Å². The summed E-state index contributed by atoms with van der Waals surface area (Å²) in [4.78, 5) is 0. The zero-order valence-corrected chi connectivity index (χ0v) is 22.0. The van der Waals surface area contributed by atoms with E-state index in [-0.39, 0.29) is 10.7 Å². The highest BCUT2D eigenvalue weighted by Gasteiger charge is 2.59. The Kier molecular flexibility index (Phi) is 6.52. The van der Waals surface area contributed by atoms with Gasteiger partial charge in [0.2, 0.25) is 0 Å². The van der Waals surface area contributed by atoms with Crippen LogP contribution in [-0.2, 0) is 10.7 Å². The molecule has 0 aromatic carbocycles. The van der Waals surface area contributed by atoms with Crippen molar-refractivity contribution < 1.29 is 8.42 Å². The maximum atomic E-state index is 11.6. The Labute approximate surface area is 194 Å². The number of hydrogen-bond acceptors (Lipinski definition) is 2. The second kappa shape index (κ2) is 8.48. The molecule has 0 amide bonds. The average molecular weight is 449 g/mol. The highest BCUT2D eigenvalue weighted by atomic mass is 32.2. The molecule has 0 spiro atoms. The molecule has 0 heterocycles. The molecule has 8 atom stereocenters. The number of fused-ring (bicyclic) bond motifs is 5. The van der Waals surface area contributed by atoms with Gasteiger partial charge in [0.1, 0.15) is 10.7 Å². The van der Waals surface area contributed by atoms with Crippen LogP contribution in [0.25, 0.3) is 0 Å². The molecule has 0 bridgehead atoms. The van der Waals surface area contributed by atoms with E-state index in [0.29, 0.717) is 10.8 Å². The van der Waals surface area contributed by atoms with Gasteiger partial charge in [-0.2, -0.15) is 0 Å². The summed E-state index contributed by atoms with van der Waals surface area (Å²) in [5.41, 5.74) is 2.75. The summed E-state index contributed by atoms with van der Waals surface area (Å²) < 4.78 is 23.3. The van der Waals surface area contributed by atoms with Gasteiger partial charge in [-0.05, 0) is 104 Å². The molecule has 0 aromatic rings. The Balaban J connectivity index is 1.48. The first-order valence-corrected chi connectivity index (χ1v) is 14.5. The van der Waals surface area contributed by atoms with Crippen LogP contribution in [0.2, 0.25) is 0 Å². The summed E-state index contributed by atoms with van der Waals surface area (Å²) >= 11 is 0. The molecule has 2 nitrogen and oxygen atoms in total. The molecule has 178 valence electrons. The minimum absolute atomic E-state index is 0.107.